The maximum absolute atomic E-state index is 12.4. The molecule has 1 aliphatic carbocycles. The van der Waals surface area contributed by atoms with E-state index >= 15 is 0 Å². The predicted molar refractivity (Wildman–Crippen MR) is 96.5 cm³/mol. The van der Waals surface area contributed by atoms with Crippen molar-refractivity contribution in [2.24, 2.45) is 4.40 Å². The SMILES string of the molecule is CCCn1ccs/c1=N\S(=O)(=O)NC(=O)n1nc(COC)n(C2CC2)c1=O. The van der Waals surface area contributed by atoms with Crippen LogP contribution in [0.4, 0.5) is 4.79 Å². The fraction of sp³-hybridized carbons (Fsp3) is 0.571. The molecule has 2 aromatic rings. The molecule has 1 fully saturated rings. The number of carbonyl (C=O) groups excluding carboxylic acids is 1. The average molecular weight is 416 g/mol. The minimum Gasteiger partial charge on any atom is -0.377 e. The van der Waals surface area contributed by atoms with Gasteiger partial charge in [-0.05, 0) is 19.3 Å². The van der Waals surface area contributed by atoms with Gasteiger partial charge in [0, 0.05) is 31.3 Å². The first-order valence-electron chi connectivity index (χ1n) is 8.32. The van der Waals surface area contributed by atoms with E-state index in [1.807, 2.05) is 6.92 Å². The molecule has 148 valence electrons. The zero-order valence-electron chi connectivity index (χ0n) is 14.9. The number of rotatable bonds is 7. The largest absolute Gasteiger partial charge is 0.377 e. The summed E-state index contributed by atoms with van der Waals surface area (Å²) in [7, 11) is -2.91. The van der Waals surface area contributed by atoms with Crippen molar-refractivity contribution < 1.29 is 17.9 Å². The molecule has 1 saturated carbocycles. The zero-order valence-corrected chi connectivity index (χ0v) is 16.5. The van der Waals surface area contributed by atoms with Gasteiger partial charge in [-0.25, -0.2) is 14.3 Å². The summed E-state index contributed by atoms with van der Waals surface area (Å²) in [5, 5.41) is 5.61. The lowest BCUT2D eigenvalue weighted by Gasteiger charge is -2.02. The Balaban J connectivity index is 1.87. The van der Waals surface area contributed by atoms with Crippen LogP contribution in [0.25, 0.3) is 0 Å². The summed E-state index contributed by atoms with van der Waals surface area (Å²) in [6.45, 7) is 2.58. The highest BCUT2D eigenvalue weighted by Crippen LogP contribution is 2.34. The maximum Gasteiger partial charge on any atom is 0.361 e. The van der Waals surface area contributed by atoms with Crippen LogP contribution in [0.2, 0.25) is 0 Å². The number of nitrogens with zero attached hydrogens (tertiary/aromatic N) is 5. The van der Waals surface area contributed by atoms with Crippen LogP contribution in [-0.2, 0) is 28.1 Å². The van der Waals surface area contributed by atoms with Gasteiger partial charge < -0.3 is 9.30 Å². The van der Waals surface area contributed by atoms with Gasteiger partial charge in [-0.2, -0.15) is 8.42 Å². The summed E-state index contributed by atoms with van der Waals surface area (Å²) in [5.41, 5.74) is -0.700. The summed E-state index contributed by atoms with van der Waals surface area (Å²) in [4.78, 5) is 25.0. The molecule has 0 atom stereocenters. The minimum atomic E-state index is -4.36. The second-order valence-electron chi connectivity index (χ2n) is 6.00. The van der Waals surface area contributed by atoms with Crippen LogP contribution in [0.15, 0.2) is 20.8 Å². The van der Waals surface area contributed by atoms with Gasteiger partial charge in [-0.1, -0.05) is 6.92 Å². The molecule has 0 aliphatic heterocycles. The van der Waals surface area contributed by atoms with Crippen LogP contribution in [-0.4, -0.2) is 40.5 Å². The number of thiazole rings is 1. The lowest BCUT2D eigenvalue weighted by molar-refractivity contribution is 0.173. The van der Waals surface area contributed by atoms with Crippen molar-refractivity contribution in [1.82, 2.24) is 23.6 Å². The number of ether oxygens (including phenoxy) is 1. The van der Waals surface area contributed by atoms with Gasteiger partial charge in [0.05, 0.1) is 0 Å². The van der Waals surface area contributed by atoms with E-state index in [1.54, 1.807) is 20.9 Å². The molecule has 1 amide bonds. The minimum absolute atomic E-state index is 0.0371. The predicted octanol–water partition coefficient (Wildman–Crippen LogP) is 0.202. The number of carbonyl (C=O) groups is 1. The molecule has 0 aromatic carbocycles. The average Bonchev–Trinajstić information content (AvgIpc) is 3.25. The Bertz CT molecular complexity index is 1060. The molecule has 2 aromatic heterocycles. The van der Waals surface area contributed by atoms with E-state index in [-0.39, 0.29) is 23.3 Å². The standard InChI is InChI=1S/C14H20N6O5S2/c1-3-6-18-7-8-26-13(18)17-27(23,24)16-12(21)20-14(22)19(10-4-5-10)11(15-20)9-25-2/h7-8,10H,3-6,9H2,1-2H3,(H,16,21)/b17-13-. The normalized spacial score (nSPS) is 15.3. The van der Waals surface area contributed by atoms with Crippen molar-refractivity contribution in [3.05, 3.63) is 32.7 Å². The van der Waals surface area contributed by atoms with Crippen molar-refractivity contribution in [1.29, 1.82) is 0 Å². The molecule has 27 heavy (non-hydrogen) atoms. The van der Waals surface area contributed by atoms with Crippen LogP contribution in [0.1, 0.15) is 38.1 Å². The van der Waals surface area contributed by atoms with Crippen molar-refractivity contribution in [3.8, 4) is 0 Å². The molecule has 11 nitrogen and oxygen atoms in total. The van der Waals surface area contributed by atoms with E-state index in [0.717, 1.165) is 30.6 Å². The number of aromatic nitrogens is 4. The number of amides is 1. The van der Waals surface area contributed by atoms with Gasteiger partial charge in [-0.15, -0.1) is 25.5 Å². The molecule has 0 bridgehead atoms. The fourth-order valence-electron chi connectivity index (χ4n) is 2.54. The second kappa shape index (κ2) is 7.78. The van der Waals surface area contributed by atoms with E-state index < -0.39 is 21.9 Å². The summed E-state index contributed by atoms with van der Waals surface area (Å²) in [6, 6.07) is -1.22. The fourth-order valence-corrected chi connectivity index (χ4v) is 4.29. The Morgan fingerprint density at radius 3 is 2.85 bits per heavy atom. The molecule has 0 unspecified atom stereocenters. The molecule has 1 aliphatic rings. The monoisotopic (exact) mass is 416 g/mol. The van der Waals surface area contributed by atoms with E-state index in [2.05, 4.69) is 9.50 Å². The van der Waals surface area contributed by atoms with Gasteiger partial charge in [0.25, 0.3) is 0 Å². The molecule has 0 spiro atoms. The first-order chi connectivity index (χ1) is 12.9. The van der Waals surface area contributed by atoms with Crippen LogP contribution in [0.3, 0.4) is 0 Å². The van der Waals surface area contributed by atoms with Gasteiger partial charge in [0.2, 0.25) is 4.80 Å². The third-order valence-electron chi connectivity index (χ3n) is 3.80. The van der Waals surface area contributed by atoms with Crippen molar-refractivity contribution >= 4 is 27.6 Å². The van der Waals surface area contributed by atoms with Crippen LogP contribution in [0.5, 0.6) is 0 Å². The van der Waals surface area contributed by atoms with Gasteiger partial charge >= 0.3 is 21.9 Å². The second-order valence-corrected chi connectivity index (χ2v) is 8.21. The summed E-state index contributed by atoms with van der Waals surface area (Å²) >= 11 is 1.13. The third kappa shape index (κ3) is 4.36. The lowest BCUT2D eigenvalue weighted by Crippen LogP contribution is -2.40. The summed E-state index contributed by atoms with van der Waals surface area (Å²) in [6.07, 6.45) is 4.11. The molecule has 13 heteroatoms. The lowest BCUT2D eigenvalue weighted by atomic mass is 10.5. The Morgan fingerprint density at radius 1 is 1.48 bits per heavy atom. The Labute approximate surface area is 159 Å². The number of aryl methyl sites for hydroxylation is 1. The molecular weight excluding hydrogens is 396 g/mol. The molecule has 2 heterocycles. The van der Waals surface area contributed by atoms with E-state index in [1.165, 1.54) is 11.7 Å². The number of nitrogens with one attached hydrogen (secondary N) is 1. The number of hydrogen-bond acceptors (Lipinski definition) is 7. The van der Waals surface area contributed by atoms with Crippen molar-refractivity contribution in [3.63, 3.8) is 0 Å². The maximum atomic E-state index is 12.4. The molecule has 0 saturated heterocycles. The van der Waals surface area contributed by atoms with E-state index in [4.69, 9.17) is 4.74 Å². The van der Waals surface area contributed by atoms with Crippen LogP contribution < -0.4 is 15.2 Å². The third-order valence-corrected chi connectivity index (χ3v) is 5.55. The Hall–Kier alpha value is -2.25. The number of hydrogen-bond donors (Lipinski definition) is 1. The van der Waals surface area contributed by atoms with Crippen molar-refractivity contribution in [2.45, 2.75) is 45.4 Å². The number of methoxy groups -OCH3 is 1. The van der Waals surface area contributed by atoms with Crippen LogP contribution >= 0.6 is 11.3 Å². The van der Waals surface area contributed by atoms with Gasteiger partial charge in [-0.3, -0.25) is 4.57 Å². The molecule has 1 N–H and O–H groups in total. The highest BCUT2D eigenvalue weighted by Gasteiger charge is 2.31. The van der Waals surface area contributed by atoms with E-state index in [9.17, 15) is 18.0 Å². The first-order valence-corrected chi connectivity index (χ1v) is 10.6. The smallest absolute Gasteiger partial charge is 0.361 e. The summed E-state index contributed by atoms with van der Waals surface area (Å²) < 4.78 is 38.4. The van der Waals surface area contributed by atoms with Gasteiger partial charge in [0.15, 0.2) is 5.82 Å². The molecule has 0 radical (unpaired) electrons. The topological polar surface area (TPSA) is 130 Å². The highest BCUT2D eigenvalue weighted by atomic mass is 32.2. The first kappa shape index (κ1) is 19.5. The highest BCUT2D eigenvalue weighted by molar-refractivity contribution is 7.88. The summed E-state index contributed by atoms with van der Waals surface area (Å²) in [5.74, 6) is 0.272. The quantitative estimate of drug-likeness (QED) is 0.686. The van der Waals surface area contributed by atoms with Crippen LogP contribution in [0, 0.1) is 0 Å². The van der Waals surface area contributed by atoms with Gasteiger partial charge in [0.1, 0.15) is 6.61 Å². The molecular formula is C14H20N6O5S2. The van der Waals surface area contributed by atoms with Crippen molar-refractivity contribution in [2.75, 3.05) is 7.11 Å². The molecule has 3 rings (SSSR count). The zero-order chi connectivity index (χ0) is 19.6. The Kier molecular flexibility index (Phi) is 5.62. The Morgan fingerprint density at radius 2 is 2.22 bits per heavy atom. The van der Waals surface area contributed by atoms with E-state index in [0.29, 0.717) is 11.2 Å².